The van der Waals surface area contributed by atoms with E-state index in [2.05, 4.69) is 21.9 Å². The zero-order valence-corrected chi connectivity index (χ0v) is 9.79. The van der Waals surface area contributed by atoms with E-state index in [-0.39, 0.29) is 5.91 Å². The van der Waals surface area contributed by atoms with Gasteiger partial charge >= 0.3 is 0 Å². The molecule has 0 aliphatic rings. The Bertz CT molecular complexity index is 524. The van der Waals surface area contributed by atoms with E-state index < -0.39 is 0 Å². The van der Waals surface area contributed by atoms with E-state index in [1.54, 1.807) is 6.92 Å². The predicted octanol–water partition coefficient (Wildman–Crippen LogP) is 1.80. The minimum absolute atomic E-state index is 0.110. The van der Waals surface area contributed by atoms with Crippen molar-refractivity contribution in [1.82, 2.24) is 15.3 Å². The summed E-state index contributed by atoms with van der Waals surface area (Å²) in [5.41, 5.74) is 2.50. The quantitative estimate of drug-likeness (QED) is 0.785. The molecule has 0 aliphatic carbocycles. The number of carbonyl (C=O) groups is 1. The first kappa shape index (κ1) is 11.4. The molecule has 88 valence electrons. The van der Waals surface area contributed by atoms with Crippen molar-refractivity contribution in [2.75, 3.05) is 6.54 Å². The van der Waals surface area contributed by atoms with Gasteiger partial charge in [0, 0.05) is 18.5 Å². The fourth-order valence-electron chi connectivity index (χ4n) is 1.57. The Morgan fingerprint density at radius 1 is 1.47 bits per heavy atom. The fourth-order valence-corrected chi connectivity index (χ4v) is 1.57. The summed E-state index contributed by atoms with van der Waals surface area (Å²) in [7, 11) is 0. The van der Waals surface area contributed by atoms with Crippen LogP contribution in [0.3, 0.4) is 0 Å². The van der Waals surface area contributed by atoms with Crippen molar-refractivity contribution in [2.24, 2.45) is 0 Å². The molecule has 0 unspecified atom stereocenters. The van der Waals surface area contributed by atoms with Crippen molar-refractivity contribution in [3.63, 3.8) is 0 Å². The molecule has 0 saturated heterocycles. The highest BCUT2D eigenvalue weighted by Crippen LogP contribution is 2.10. The van der Waals surface area contributed by atoms with Gasteiger partial charge in [-0.25, -0.2) is 4.98 Å². The second-order valence-electron chi connectivity index (χ2n) is 3.99. The summed E-state index contributed by atoms with van der Waals surface area (Å²) < 4.78 is 0. The van der Waals surface area contributed by atoms with Crippen LogP contribution in [-0.4, -0.2) is 22.4 Å². The second kappa shape index (κ2) is 4.82. The van der Waals surface area contributed by atoms with Gasteiger partial charge in [-0.3, -0.25) is 4.79 Å². The van der Waals surface area contributed by atoms with Gasteiger partial charge in [-0.05, 0) is 19.1 Å². The van der Waals surface area contributed by atoms with Crippen molar-refractivity contribution in [2.45, 2.75) is 13.3 Å². The SMILES string of the molecule is C=C(C)C(=O)NCCc1nc2ccccc2[nH]1. The van der Waals surface area contributed by atoms with Crippen molar-refractivity contribution < 1.29 is 4.79 Å². The lowest BCUT2D eigenvalue weighted by Crippen LogP contribution is -2.26. The van der Waals surface area contributed by atoms with Gasteiger partial charge in [0.05, 0.1) is 11.0 Å². The van der Waals surface area contributed by atoms with E-state index >= 15 is 0 Å². The van der Waals surface area contributed by atoms with E-state index in [1.807, 2.05) is 24.3 Å². The van der Waals surface area contributed by atoms with Gasteiger partial charge in [0.1, 0.15) is 5.82 Å². The molecule has 1 aromatic heterocycles. The summed E-state index contributed by atoms with van der Waals surface area (Å²) in [6.45, 7) is 5.83. The zero-order chi connectivity index (χ0) is 12.3. The van der Waals surface area contributed by atoms with Crippen LogP contribution in [0.25, 0.3) is 11.0 Å². The molecule has 0 radical (unpaired) electrons. The lowest BCUT2D eigenvalue weighted by Gasteiger charge is -2.02. The number of benzene rings is 1. The third-order valence-electron chi connectivity index (χ3n) is 2.47. The number of fused-ring (bicyclic) bond motifs is 1. The van der Waals surface area contributed by atoms with E-state index in [9.17, 15) is 4.79 Å². The van der Waals surface area contributed by atoms with E-state index in [1.165, 1.54) is 0 Å². The number of para-hydroxylation sites is 2. The van der Waals surface area contributed by atoms with Gasteiger partial charge in [-0.2, -0.15) is 0 Å². The van der Waals surface area contributed by atoms with Crippen LogP contribution in [0.15, 0.2) is 36.4 Å². The van der Waals surface area contributed by atoms with E-state index in [0.717, 1.165) is 16.9 Å². The van der Waals surface area contributed by atoms with Gasteiger partial charge in [0.15, 0.2) is 0 Å². The normalized spacial score (nSPS) is 10.4. The molecule has 17 heavy (non-hydrogen) atoms. The number of rotatable bonds is 4. The Kier molecular flexibility index (Phi) is 3.23. The number of imidazole rings is 1. The van der Waals surface area contributed by atoms with Crippen LogP contribution < -0.4 is 5.32 Å². The first-order valence-corrected chi connectivity index (χ1v) is 5.54. The maximum atomic E-state index is 11.3. The van der Waals surface area contributed by atoms with E-state index in [4.69, 9.17) is 0 Å². The monoisotopic (exact) mass is 229 g/mol. The summed E-state index contributed by atoms with van der Waals surface area (Å²) >= 11 is 0. The minimum Gasteiger partial charge on any atom is -0.352 e. The molecule has 0 aliphatic heterocycles. The Morgan fingerprint density at radius 3 is 2.94 bits per heavy atom. The van der Waals surface area contributed by atoms with Crippen molar-refractivity contribution >= 4 is 16.9 Å². The third kappa shape index (κ3) is 2.72. The second-order valence-corrected chi connectivity index (χ2v) is 3.99. The maximum Gasteiger partial charge on any atom is 0.246 e. The van der Waals surface area contributed by atoms with Gasteiger partial charge < -0.3 is 10.3 Å². The lowest BCUT2D eigenvalue weighted by molar-refractivity contribution is -0.117. The molecule has 4 heteroatoms. The Labute approximate surface area is 99.8 Å². The highest BCUT2D eigenvalue weighted by molar-refractivity contribution is 5.92. The van der Waals surface area contributed by atoms with Gasteiger partial charge in [-0.15, -0.1) is 0 Å². The van der Waals surface area contributed by atoms with E-state index in [0.29, 0.717) is 18.5 Å². The number of hydrogen-bond donors (Lipinski definition) is 2. The number of H-pyrrole nitrogens is 1. The first-order valence-electron chi connectivity index (χ1n) is 5.54. The molecule has 2 rings (SSSR count). The highest BCUT2D eigenvalue weighted by Gasteiger charge is 2.03. The van der Waals surface area contributed by atoms with Crippen molar-refractivity contribution in [3.05, 3.63) is 42.2 Å². The average molecular weight is 229 g/mol. The summed E-state index contributed by atoms with van der Waals surface area (Å²) in [6, 6.07) is 7.86. The number of aromatic amines is 1. The molecule has 4 nitrogen and oxygen atoms in total. The molecule has 2 N–H and O–H groups in total. The Balaban J connectivity index is 1.95. The zero-order valence-electron chi connectivity index (χ0n) is 9.79. The summed E-state index contributed by atoms with van der Waals surface area (Å²) in [4.78, 5) is 18.9. The molecule has 1 heterocycles. The molecular weight excluding hydrogens is 214 g/mol. The average Bonchev–Trinajstić information content (AvgIpc) is 2.71. The number of carbonyl (C=O) groups excluding carboxylic acids is 1. The number of nitrogens with zero attached hydrogens (tertiary/aromatic N) is 1. The Morgan fingerprint density at radius 2 is 2.24 bits per heavy atom. The number of nitrogens with one attached hydrogen (secondary N) is 2. The Hall–Kier alpha value is -2.10. The standard InChI is InChI=1S/C13H15N3O/c1-9(2)13(17)14-8-7-12-15-10-5-3-4-6-11(10)16-12/h3-6H,1,7-8H2,2H3,(H,14,17)(H,15,16). The van der Waals surface area contributed by atoms with Gasteiger partial charge in [0.25, 0.3) is 0 Å². The van der Waals surface area contributed by atoms with Crippen LogP contribution in [-0.2, 0) is 11.2 Å². The first-order chi connectivity index (χ1) is 8.16. The summed E-state index contributed by atoms with van der Waals surface area (Å²) in [5, 5.41) is 2.78. The van der Waals surface area contributed by atoms with Crippen LogP contribution in [0.2, 0.25) is 0 Å². The van der Waals surface area contributed by atoms with Crippen LogP contribution in [0, 0.1) is 0 Å². The molecule has 2 aromatic rings. The molecule has 0 spiro atoms. The van der Waals surface area contributed by atoms with Crippen LogP contribution >= 0.6 is 0 Å². The summed E-state index contributed by atoms with van der Waals surface area (Å²) in [5.74, 6) is 0.773. The molecule has 0 bridgehead atoms. The van der Waals surface area contributed by atoms with Crippen LogP contribution in [0.5, 0.6) is 0 Å². The minimum atomic E-state index is -0.110. The third-order valence-corrected chi connectivity index (χ3v) is 2.47. The van der Waals surface area contributed by atoms with Gasteiger partial charge in [-0.1, -0.05) is 18.7 Å². The smallest absolute Gasteiger partial charge is 0.246 e. The van der Waals surface area contributed by atoms with Crippen molar-refractivity contribution in [1.29, 1.82) is 0 Å². The molecule has 0 fully saturated rings. The maximum absolute atomic E-state index is 11.3. The van der Waals surface area contributed by atoms with Crippen LogP contribution in [0.1, 0.15) is 12.7 Å². The molecule has 0 atom stereocenters. The lowest BCUT2D eigenvalue weighted by atomic mass is 10.3. The fraction of sp³-hybridized carbons (Fsp3) is 0.231. The van der Waals surface area contributed by atoms with Gasteiger partial charge in [0.2, 0.25) is 5.91 Å². The largest absolute Gasteiger partial charge is 0.352 e. The predicted molar refractivity (Wildman–Crippen MR) is 67.6 cm³/mol. The molecule has 1 aromatic carbocycles. The van der Waals surface area contributed by atoms with Crippen LogP contribution in [0.4, 0.5) is 0 Å². The number of hydrogen-bond acceptors (Lipinski definition) is 2. The molecule has 0 saturated carbocycles. The van der Waals surface area contributed by atoms with Crippen molar-refractivity contribution in [3.8, 4) is 0 Å². The topological polar surface area (TPSA) is 57.8 Å². The molecular formula is C13H15N3O. The number of amides is 1. The number of aromatic nitrogens is 2. The summed E-state index contributed by atoms with van der Waals surface area (Å²) in [6.07, 6.45) is 0.688. The highest BCUT2D eigenvalue weighted by atomic mass is 16.1. The molecule has 1 amide bonds.